The van der Waals surface area contributed by atoms with Crippen molar-refractivity contribution in [2.45, 2.75) is 24.8 Å². The van der Waals surface area contributed by atoms with Crippen molar-refractivity contribution in [3.63, 3.8) is 0 Å². The third kappa shape index (κ3) is 4.78. The Kier molecular flexibility index (Phi) is 5.93. The SMILES string of the molecule is COc1ccc(C(=O)N[C@@H](C)c2ccco2)cc1S(=O)(=O)Nc1ccc(C)cc1. The van der Waals surface area contributed by atoms with Gasteiger partial charge in [-0.1, -0.05) is 17.7 Å². The normalized spacial score (nSPS) is 12.2. The molecule has 8 heteroatoms. The largest absolute Gasteiger partial charge is 0.495 e. The first-order valence-corrected chi connectivity index (χ1v) is 10.4. The van der Waals surface area contributed by atoms with Gasteiger partial charge in [-0.15, -0.1) is 0 Å². The number of hydrogen-bond acceptors (Lipinski definition) is 5. The smallest absolute Gasteiger partial charge is 0.265 e. The predicted molar refractivity (Wildman–Crippen MR) is 110 cm³/mol. The van der Waals surface area contributed by atoms with Crippen molar-refractivity contribution in [3.05, 3.63) is 77.7 Å². The Labute approximate surface area is 169 Å². The molecule has 2 aromatic carbocycles. The van der Waals surface area contributed by atoms with Crippen molar-refractivity contribution >= 4 is 21.6 Å². The number of rotatable bonds is 7. The van der Waals surface area contributed by atoms with Crippen LogP contribution in [0.3, 0.4) is 0 Å². The van der Waals surface area contributed by atoms with Gasteiger partial charge < -0.3 is 14.5 Å². The number of amides is 1. The Morgan fingerprint density at radius 3 is 2.45 bits per heavy atom. The van der Waals surface area contributed by atoms with E-state index in [1.807, 2.05) is 6.92 Å². The van der Waals surface area contributed by atoms with Gasteiger partial charge in [-0.25, -0.2) is 8.42 Å². The van der Waals surface area contributed by atoms with Crippen LogP contribution in [0.5, 0.6) is 5.75 Å². The van der Waals surface area contributed by atoms with Crippen molar-refractivity contribution in [1.82, 2.24) is 5.32 Å². The molecule has 1 amide bonds. The Balaban J connectivity index is 1.88. The molecule has 2 N–H and O–H groups in total. The number of sulfonamides is 1. The second-order valence-corrected chi connectivity index (χ2v) is 8.20. The zero-order chi connectivity index (χ0) is 21.0. The first-order chi connectivity index (χ1) is 13.8. The van der Waals surface area contributed by atoms with Gasteiger partial charge in [0.2, 0.25) is 0 Å². The monoisotopic (exact) mass is 414 g/mol. The van der Waals surface area contributed by atoms with Crippen LogP contribution >= 0.6 is 0 Å². The minimum Gasteiger partial charge on any atom is -0.495 e. The minimum atomic E-state index is -3.97. The number of hydrogen-bond donors (Lipinski definition) is 2. The zero-order valence-electron chi connectivity index (χ0n) is 16.3. The fourth-order valence-corrected chi connectivity index (χ4v) is 4.00. The van der Waals surface area contributed by atoms with E-state index >= 15 is 0 Å². The lowest BCUT2D eigenvalue weighted by molar-refractivity contribution is 0.0935. The highest BCUT2D eigenvalue weighted by Crippen LogP contribution is 2.27. The Morgan fingerprint density at radius 1 is 1.10 bits per heavy atom. The first kappa shape index (κ1) is 20.5. The van der Waals surface area contributed by atoms with Crippen LogP contribution < -0.4 is 14.8 Å². The van der Waals surface area contributed by atoms with Crippen LogP contribution in [0.25, 0.3) is 0 Å². The van der Waals surface area contributed by atoms with E-state index in [-0.39, 0.29) is 22.3 Å². The molecule has 0 saturated carbocycles. The van der Waals surface area contributed by atoms with Gasteiger partial charge in [0.15, 0.2) is 0 Å². The van der Waals surface area contributed by atoms with E-state index in [0.29, 0.717) is 11.4 Å². The highest BCUT2D eigenvalue weighted by atomic mass is 32.2. The number of nitrogens with one attached hydrogen (secondary N) is 2. The molecule has 0 aliphatic heterocycles. The van der Waals surface area contributed by atoms with Gasteiger partial charge in [0.05, 0.1) is 19.4 Å². The number of anilines is 1. The van der Waals surface area contributed by atoms with Crippen LogP contribution in [0.1, 0.15) is 34.6 Å². The number of furan rings is 1. The van der Waals surface area contributed by atoms with E-state index in [1.54, 1.807) is 43.3 Å². The van der Waals surface area contributed by atoms with Crippen LogP contribution in [0, 0.1) is 6.92 Å². The molecule has 0 fully saturated rings. The van der Waals surface area contributed by atoms with E-state index in [1.165, 1.54) is 31.6 Å². The van der Waals surface area contributed by atoms with E-state index < -0.39 is 15.9 Å². The zero-order valence-corrected chi connectivity index (χ0v) is 17.1. The summed E-state index contributed by atoms with van der Waals surface area (Å²) in [4.78, 5) is 12.5. The molecule has 0 saturated heterocycles. The molecule has 0 spiro atoms. The van der Waals surface area contributed by atoms with Crippen LogP contribution in [-0.4, -0.2) is 21.4 Å². The topological polar surface area (TPSA) is 97.6 Å². The number of ether oxygens (including phenoxy) is 1. The molecule has 7 nitrogen and oxygen atoms in total. The molecule has 1 heterocycles. The summed E-state index contributed by atoms with van der Waals surface area (Å²) in [6, 6.07) is 14.3. The van der Waals surface area contributed by atoms with Crippen LogP contribution in [0.4, 0.5) is 5.69 Å². The number of methoxy groups -OCH3 is 1. The average Bonchev–Trinajstić information content (AvgIpc) is 3.24. The van der Waals surface area contributed by atoms with E-state index in [4.69, 9.17) is 9.15 Å². The second kappa shape index (κ2) is 8.40. The average molecular weight is 414 g/mol. The van der Waals surface area contributed by atoms with Crippen molar-refractivity contribution < 1.29 is 22.4 Å². The fourth-order valence-electron chi connectivity index (χ4n) is 2.75. The molecule has 1 atom stereocenters. The molecule has 0 radical (unpaired) electrons. The summed E-state index contributed by atoms with van der Waals surface area (Å²) >= 11 is 0. The van der Waals surface area contributed by atoms with Crippen molar-refractivity contribution in [2.24, 2.45) is 0 Å². The second-order valence-electron chi connectivity index (χ2n) is 6.55. The van der Waals surface area contributed by atoms with Gasteiger partial charge in [-0.3, -0.25) is 9.52 Å². The van der Waals surface area contributed by atoms with E-state index in [2.05, 4.69) is 10.0 Å². The summed E-state index contributed by atoms with van der Waals surface area (Å²) in [5, 5.41) is 2.78. The Bertz CT molecular complexity index is 1090. The number of carbonyl (C=O) groups is 1. The van der Waals surface area contributed by atoms with Crippen LogP contribution in [-0.2, 0) is 10.0 Å². The number of carbonyl (C=O) groups excluding carboxylic acids is 1. The van der Waals surface area contributed by atoms with E-state index in [0.717, 1.165) is 5.56 Å². The molecular weight excluding hydrogens is 392 g/mol. The molecule has 3 rings (SSSR count). The quantitative estimate of drug-likeness (QED) is 0.611. The van der Waals surface area contributed by atoms with Crippen LogP contribution in [0.15, 0.2) is 70.2 Å². The Morgan fingerprint density at radius 2 is 1.83 bits per heavy atom. The van der Waals surface area contributed by atoms with Crippen LogP contribution in [0.2, 0.25) is 0 Å². The third-order valence-corrected chi connectivity index (χ3v) is 5.74. The highest BCUT2D eigenvalue weighted by molar-refractivity contribution is 7.92. The van der Waals surface area contributed by atoms with Gasteiger partial charge in [0, 0.05) is 11.3 Å². The summed E-state index contributed by atoms with van der Waals surface area (Å²) in [6.07, 6.45) is 1.52. The minimum absolute atomic E-state index is 0.126. The van der Waals surface area contributed by atoms with Gasteiger partial charge >= 0.3 is 0 Å². The third-order valence-electron chi connectivity index (χ3n) is 4.34. The maximum absolute atomic E-state index is 12.9. The summed E-state index contributed by atoms with van der Waals surface area (Å²) < 4.78 is 38.8. The molecule has 0 unspecified atom stereocenters. The molecule has 3 aromatic rings. The summed E-state index contributed by atoms with van der Waals surface area (Å²) in [7, 11) is -2.60. The number of aryl methyl sites for hydroxylation is 1. The summed E-state index contributed by atoms with van der Waals surface area (Å²) in [5.41, 5.74) is 1.61. The molecule has 0 bridgehead atoms. The van der Waals surface area contributed by atoms with Crippen molar-refractivity contribution in [2.75, 3.05) is 11.8 Å². The lowest BCUT2D eigenvalue weighted by atomic mass is 10.1. The van der Waals surface area contributed by atoms with Gasteiger partial charge in [-0.05, 0) is 56.3 Å². The van der Waals surface area contributed by atoms with E-state index in [9.17, 15) is 13.2 Å². The number of benzene rings is 2. The fraction of sp³-hybridized carbons (Fsp3) is 0.190. The van der Waals surface area contributed by atoms with Gasteiger partial charge in [-0.2, -0.15) is 0 Å². The molecule has 0 aliphatic carbocycles. The van der Waals surface area contributed by atoms with Crippen molar-refractivity contribution in [1.29, 1.82) is 0 Å². The molecule has 0 aliphatic rings. The molecule has 29 heavy (non-hydrogen) atoms. The lowest BCUT2D eigenvalue weighted by Gasteiger charge is -2.15. The summed E-state index contributed by atoms with van der Waals surface area (Å²) in [6.45, 7) is 3.68. The lowest BCUT2D eigenvalue weighted by Crippen LogP contribution is -2.26. The standard InChI is InChI=1S/C21H22N2O5S/c1-14-6-9-17(10-7-14)23-29(25,26)20-13-16(8-11-19(20)27-3)21(24)22-15(2)18-5-4-12-28-18/h4-13,15,23H,1-3H3,(H,22,24)/t15-/m0/s1. The first-order valence-electron chi connectivity index (χ1n) is 8.92. The van der Waals surface area contributed by atoms with Gasteiger partial charge in [0.25, 0.3) is 15.9 Å². The molecular formula is C21H22N2O5S. The summed E-state index contributed by atoms with van der Waals surface area (Å²) in [5.74, 6) is 0.310. The van der Waals surface area contributed by atoms with Crippen molar-refractivity contribution in [3.8, 4) is 5.75 Å². The molecule has 1 aromatic heterocycles. The Hall–Kier alpha value is -3.26. The molecule has 152 valence electrons. The van der Waals surface area contributed by atoms with Gasteiger partial charge in [0.1, 0.15) is 16.4 Å². The predicted octanol–water partition coefficient (Wildman–Crippen LogP) is 3.89. The maximum atomic E-state index is 12.9. The highest BCUT2D eigenvalue weighted by Gasteiger charge is 2.23. The maximum Gasteiger partial charge on any atom is 0.265 e.